The van der Waals surface area contributed by atoms with E-state index < -0.39 is 0 Å². The molecule has 0 saturated heterocycles. The summed E-state index contributed by atoms with van der Waals surface area (Å²) in [6, 6.07) is 10.0. The highest BCUT2D eigenvalue weighted by molar-refractivity contribution is 7.13. The van der Waals surface area contributed by atoms with E-state index in [4.69, 9.17) is 11.6 Å². The summed E-state index contributed by atoms with van der Waals surface area (Å²) in [7, 11) is 0. The largest absolute Gasteiger partial charge is 0.381 e. The lowest BCUT2D eigenvalue weighted by Gasteiger charge is -2.10. The van der Waals surface area contributed by atoms with Crippen molar-refractivity contribution >= 4 is 28.6 Å². The first-order valence-corrected chi connectivity index (χ1v) is 7.56. The Hall–Kier alpha value is -1.78. The van der Waals surface area contributed by atoms with Gasteiger partial charge in [-0.2, -0.15) is 5.10 Å². The van der Waals surface area contributed by atoms with Crippen LogP contribution in [0.3, 0.4) is 0 Å². The zero-order chi connectivity index (χ0) is 13.9. The van der Waals surface area contributed by atoms with E-state index in [0.717, 1.165) is 27.5 Å². The molecule has 5 heteroatoms. The SMILES string of the molecule is Cc1c(Cl)cccc1NCc1cn[nH]c1-c1cccs1. The highest BCUT2D eigenvalue weighted by atomic mass is 35.5. The Balaban J connectivity index is 1.80. The first kappa shape index (κ1) is 13.2. The minimum atomic E-state index is 0.713. The third kappa shape index (κ3) is 2.57. The summed E-state index contributed by atoms with van der Waals surface area (Å²) in [6.45, 7) is 2.73. The number of halogens is 1. The molecule has 20 heavy (non-hydrogen) atoms. The van der Waals surface area contributed by atoms with Crippen LogP contribution in [-0.2, 0) is 6.54 Å². The molecule has 0 bridgehead atoms. The molecule has 0 atom stereocenters. The molecule has 0 amide bonds. The molecule has 0 aliphatic rings. The summed E-state index contributed by atoms with van der Waals surface area (Å²) in [5.41, 5.74) is 4.34. The van der Waals surface area contributed by atoms with E-state index in [1.165, 1.54) is 4.88 Å². The summed E-state index contributed by atoms with van der Waals surface area (Å²) < 4.78 is 0. The van der Waals surface area contributed by atoms with Crippen molar-refractivity contribution in [3.63, 3.8) is 0 Å². The van der Waals surface area contributed by atoms with Gasteiger partial charge in [0.1, 0.15) is 0 Å². The van der Waals surface area contributed by atoms with E-state index in [-0.39, 0.29) is 0 Å². The smallest absolute Gasteiger partial charge is 0.0799 e. The van der Waals surface area contributed by atoms with Crippen molar-refractivity contribution in [3.8, 4) is 10.6 Å². The van der Waals surface area contributed by atoms with Crippen LogP contribution in [0.15, 0.2) is 41.9 Å². The summed E-state index contributed by atoms with van der Waals surface area (Å²) in [6.07, 6.45) is 1.86. The lowest BCUT2D eigenvalue weighted by Crippen LogP contribution is -2.01. The first-order chi connectivity index (χ1) is 9.75. The molecule has 2 heterocycles. The number of H-pyrrole nitrogens is 1. The van der Waals surface area contributed by atoms with E-state index in [9.17, 15) is 0 Å². The van der Waals surface area contributed by atoms with Crippen LogP contribution in [0.2, 0.25) is 5.02 Å². The van der Waals surface area contributed by atoms with Crippen LogP contribution in [-0.4, -0.2) is 10.2 Å². The molecule has 2 aromatic heterocycles. The zero-order valence-corrected chi connectivity index (χ0v) is 12.6. The Labute approximate surface area is 126 Å². The Morgan fingerprint density at radius 2 is 2.20 bits per heavy atom. The van der Waals surface area contributed by atoms with Crippen LogP contribution in [0, 0.1) is 6.92 Å². The normalized spacial score (nSPS) is 10.7. The molecular weight excluding hydrogens is 290 g/mol. The van der Waals surface area contributed by atoms with Gasteiger partial charge in [0.25, 0.3) is 0 Å². The number of thiophene rings is 1. The molecule has 2 N–H and O–H groups in total. The van der Waals surface area contributed by atoms with Gasteiger partial charge in [-0.3, -0.25) is 5.10 Å². The van der Waals surface area contributed by atoms with Gasteiger partial charge in [0, 0.05) is 22.8 Å². The van der Waals surface area contributed by atoms with Gasteiger partial charge in [-0.05, 0) is 36.1 Å². The Morgan fingerprint density at radius 3 is 3.00 bits per heavy atom. The van der Waals surface area contributed by atoms with Crippen molar-refractivity contribution < 1.29 is 0 Å². The van der Waals surface area contributed by atoms with E-state index in [2.05, 4.69) is 27.0 Å². The first-order valence-electron chi connectivity index (χ1n) is 6.31. The fourth-order valence-electron chi connectivity index (χ4n) is 2.07. The van der Waals surface area contributed by atoms with Gasteiger partial charge < -0.3 is 5.32 Å². The minimum absolute atomic E-state index is 0.713. The number of hydrogen-bond donors (Lipinski definition) is 2. The zero-order valence-electron chi connectivity index (χ0n) is 11.0. The van der Waals surface area contributed by atoms with E-state index in [1.54, 1.807) is 11.3 Å². The fraction of sp³-hybridized carbons (Fsp3) is 0.133. The van der Waals surface area contributed by atoms with Gasteiger partial charge in [-0.1, -0.05) is 23.7 Å². The van der Waals surface area contributed by atoms with Crippen molar-refractivity contribution in [1.29, 1.82) is 0 Å². The van der Waals surface area contributed by atoms with Crippen molar-refractivity contribution in [2.75, 3.05) is 5.32 Å². The number of benzene rings is 1. The lowest BCUT2D eigenvalue weighted by atomic mass is 10.1. The fourth-order valence-corrected chi connectivity index (χ4v) is 3.00. The van der Waals surface area contributed by atoms with Gasteiger partial charge in [0.15, 0.2) is 0 Å². The van der Waals surface area contributed by atoms with Gasteiger partial charge >= 0.3 is 0 Å². The van der Waals surface area contributed by atoms with Gasteiger partial charge in [0.05, 0.1) is 16.8 Å². The summed E-state index contributed by atoms with van der Waals surface area (Å²) >= 11 is 7.83. The lowest BCUT2D eigenvalue weighted by molar-refractivity contribution is 1.10. The standard InChI is InChI=1S/C15H14ClN3S/c1-10-12(16)4-2-5-13(10)17-8-11-9-18-19-15(11)14-6-3-7-20-14/h2-7,9,17H,8H2,1H3,(H,18,19). The molecule has 0 fully saturated rings. The van der Waals surface area contributed by atoms with Crippen LogP contribution in [0.1, 0.15) is 11.1 Å². The summed E-state index contributed by atoms with van der Waals surface area (Å²) in [5.74, 6) is 0. The maximum atomic E-state index is 6.13. The molecular formula is C15H14ClN3S. The van der Waals surface area contributed by atoms with Crippen molar-refractivity contribution in [2.24, 2.45) is 0 Å². The van der Waals surface area contributed by atoms with E-state index in [0.29, 0.717) is 6.54 Å². The highest BCUT2D eigenvalue weighted by Crippen LogP contribution is 2.27. The molecule has 102 valence electrons. The van der Waals surface area contributed by atoms with Crippen molar-refractivity contribution in [3.05, 3.63) is 58.1 Å². The number of anilines is 1. The van der Waals surface area contributed by atoms with E-state index in [1.807, 2.05) is 37.4 Å². The average molecular weight is 304 g/mol. The molecule has 0 saturated carbocycles. The molecule has 3 nitrogen and oxygen atoms in total. The number of hydrogen-bond acceptors (Lipinski definition) is 3. The number of nitrogens with one attached hydrogen (secondary N) is 2. The summed E-state index contributed by atoms with van der Waals surface area (Å²) in [5, 5.41) is 13.5. The van der Waals surface area contributed by atoms with Crippen molar-refractivity contribution in [1.82, 2.24) is 10.2 Å². The Kier molecular flexibility index (Phi) is 3.76. The van der Waals surface area contributed by atoms with Gasteiger partial charge in [-0.25, -0.2) is 0 Å². The number of rotatable bonds is 4. The average Bonchev–Trinajstić information content (AvgIpc) is 3.10. The van der Waals surface area contributed by atoms with Crippen LogP contribution < -0.4 is 5.32 Å². The molecule has 0 aliphatic heterocycles. The molecule has 3 aromatic rings. The number of aromatic nitrogens is 2. The van der Waals surface area contributed by atoms with Gasteiger partial charge in [0.2, 0.25) is 0 Å². The molecule has 3 rings (SSSR count). The second kappa shape index (κ2) is 5.69. The third-order valence-electron chi connectivity index (χ3n) is 3.22. The monoisotopic (exact) mass is 303 g/mol. The van der Waals surface area contributed by atoms with Crippen LogP contribution in [0.4, 0.5) is 5.69 Å². The maximum absolute atomic E-state index is 6.13. The molecule has 0 aliphatic carbocycles. The predicted octanol–water partition coefficient (Wildman–Crippen LogP) is 4.71. The summed E-state index contributed by atoms with van der Waals surface area (Å²) in [4.78, 5) is 1.20. The number of nitrogens with zero attached hydrogens (tertiary/aromatic N) is 1. The maximum Gasteiger partial charge on any atom is 0.0799 e. The van der Waals surface area contributed by atoms with Crippen LogP contribution in [0.5, 0.6) is 0 Å². The quantitative estimate of drug-likeness (QED) is 0.732. The van der Waals surface area contributed by atoms with Crippen LogP contribution in [0.25, 0.3) is 10.6 Å². The number of aromatic amines is 1. The minimum Gasteiger partial charge on any atom is -0.381 e. The van der Waals surface area contributed by atoms with E-state index >= 15 is 0 Å². The van der Waals surface area contributed by atoms with Crippen molar-refractivity contribution in [2.45, 2.75) is 13.5 Å². The molecule has 0 spiro atoms. The topological polar surface area (TPSA) is 40.7 Å². The molecule has 1 aromatic carbocycles. The second-order valence-electron chi connectivity index (χ2n) is 4.51. The Bertz CT molecular complexity index is 704. The predicted molar refractivity (Wildman–Crippen MR) is 85.4 cm³/mol. The van der Waals surface area contributed by atoms with Crippen LogP contribution >= 0.6 is 22.9 Å². The Morgan fingerprint density at radius 1 is 1.30 bits per heavy atom. The second-order valence-corrected chi connectivity index (χ2v) is 5.87. The third-order valence-corrected chi connectivity index (χ3v) is 4.52. The highest BCUT2D eigenvalue weighted by Gasteiger charge is 2.09. The molecule has 0 radical (unpaired) electrons. The van der Waals surface area contributed by atoms with Gasteiger partial charge in [-0.15, -0.1) is 11.3 Å². The molecule has 0 unspecified atom stereocenters.